The van der Waals surface area contributed by atoms with Crippen molar-refractivity contribution in [2.75, 3.05) is 5.73 Å². The fraction of sp³-hybridized carbons (Fsp3) is 0.667. The first-order valence-corrected chi connectivity index (χ1v) is 6.19. The van der Waals surface area contributed by atoms with E-state index in [1.807, 2.05) is 0 Å². The molecule has 3 atom stereocenters. The number of carboxylic acid groups (broad SMARTS) is 1. The molecule has 0 aromatic carbocycles. The molecule has 17 heavy (non-hydrogen) atoms. The van der Waals surface area contributed by atoms with Gasteiger partial charge in [-0.25, -0.2) is 4.79 Å². The Morgan fingerprint density at radius 3 is 2.88 bits per heavy atom. The Hall–Kier alpha value is -1.52. The molecule has 5 heteroatoms. The molecular weight excluding hydrogens is 218 g/mol. The second-order valence-electron chi connectivity index (χ2n) is 5.40. The van der Waals surface area contributed by atoms with Crippen molar-refractivity contribution in [3.05, 3.63) is 11.9 Å². The number of aromatic carboxylic acids is 1. The van der Waals surface area contributed by atoms with Gasteiger partial charge in [0.15, 0.2) is 5.69 Å². The molecule has 1 heterocycles. The van der Waals surface area contributed by atoms with Crippen LogP contribution in [0.15, 0.2) is 6.20 Å². The van der Waals surface area contributed by atoms with Crippen LogP contribution in [0.2, 0.25) is 0 Å². The Balaban J connectivity index is 1.73. The summed E-state index contributed by atoms with van der Waals surface area (Å²) < 4.78 is 1.71. The van der Waals surface area contributed by atoms with Crippen LogP contribution in [-0.4, -0.2) is 20.9 Å². The molecule has 5 nitrogen and oxygen atoms in total. The second kappa shape index (κ2) is 3.75. The summed E-state index contributed by atoms with van der Waals surface area (Å²) in [5.41, 5.74) is 5.87. The van der Waals surface area contributed by atoms with Gasteiger partial charge in [0, 0.05) is 12.7 Å². The van der Waals surface area contributed by atoms with Crippen LogP contribution in [0.4, 0.5) is 5.69 Å². The van der Waals surface area contributed by atoms with E-state index in [0.29, 0.717) is 5.92 Å². The fourth-order valence-electron chi connectivity index (χ4n) is 3.54. The third kappa shape index (κ3) is 1.79. The summed E-state index contributed by atoms with van der Waals surface area (Å²) >= 11 is 0. The number of fused-ring (bicyclic) bond motifs is 2. The summed E-state index contributed by atoms with van der Waals surface area (Å²) in [6.07, 6.45) is 6.98. The highest BCUT2D eigenvalue weighted by Crippen LogP contribution is 2.48. The highest BCUT2D eigenvalue weighted by molar-refractivity contribution is 5.91. The molecule has 2 saturated carbocycles. The van der Waals surface area contributed by atoms with Crippen LogP contribution in [0, 0.1) is 17.8 Å². The molecule has 0 saturated heterocycles. The maximum atomic E-state index is 10.8. The van der Waals surface area contributed by atoms with Crippen LogP contribution in [-0.2, 0) is 6.54 Å². The van der Waals surface area contributed by atoms with Gasteiger partial charge in [-0.05, 0) is 37.0 Å². The zero-order valence-corrected chi connectivity index (χ0v) is 9.67. The summed E-state index contributed by atoms with van der Waals surface area (Å²) in [5, 5.41) is 12.9. The van der Waals surface area contributed by atoms with E-state index >= 15 is 0 Å². The Bertz CT molecular complexity index is 455. The smallest absolute Gasteiger partial charge is 0.358 e. The molecule has 3 N–H and O–H groups in total. The van der Waals surface area contributed by atoms with Gasteiger partial charge in [0.1, 0.15) is 0 Å². The molecule has 3 unspecified atom stereocenters. The van der Waals surface area contributed by atoms with E-state index in [4.69, 9.17) is 10.8 Å². The monoisotopic (exact) mass is 235 g/mol. The van der Waals surface area contributed by atoms with Gasteiger partial charge < -0.3 is 10.8 Å². The van der Waals surface area contributed by atoms with E-state index < -0.39 is 5.97 Å². The van der Waals surface area contributed by atoms with Crippen molar-refractivity contribution in [3.63, 3.8) is 0 Å². The number of carbonyl (C=O) groups is 1. The molecule has 0 amide bonds. The number of nitrogens with two attached hydrogens (primary N) is 1. The van der Waals surface area contributed by atoms with E-state index in [9.17, 15) is 4.79 Å². The highest BCUT2D eigenvalue weighted by atomic mass is 16.4. The standard InChI is InChI=1S/C12H17N3O2/c13-10-6-15(14-11(10)12(16)17)5-9-4-7-1-2-8(9)3-7/h6-9H,1-5,13H2,(H,16,17). The number of aromatic nitrogens is 2. The average molecular weight is 235 g/mol. The van der Waals surface area contributed by atoms with E-state index in [1.54, 1.807) is 10.9 Å². The molecule has 0 radical (unpaired) electrons. The largest absolute Gasteiger partial charge is 0.476 e. The van der Waals surface area contributed by atoms with Crippen LogP contribution >= 0.6 is 0 Å². The molecule has 2 fully saturated rings. The number of nitrogen functional groups attached to an aromatic ring is 1. The lowest BCUT2D eigenvalue weighted by Gasteiger charge is -2.21. The second-order valence-corrected chi connectivity index (χ2v) is 5.40. The number of hydrogen-bond acceptors (Lipinski definition) is 3. The van der Waals surface area contributed by atoms with Crippen LogP contribution in [0.25, 0.3) is 0 Å². The topological polar surface area (TPSA) is 81.1 Å². The zero-order valence-electron chi connectivity index (χ0n) is 9.67. The van der Waals surface area contributed by atoms with Gasteiger partial charge in [-0.3, -0.25) is 4.68 Å². The number of carboxylic acids is 1. The van der Waals surface area contributed by atoms with Crippen molar-refractivity contribution in [1.82, 2.24) is 9.78 Å². The first-order valence-electron chi connectivity index (χ1n) is 6.19. The summed E-state index contributed by atoms with van der Waals surface area (Å²) in [6.45, 7) is 0.818. The number of hydrogen-bond donors (Lipinski definition) is 2. The maximum absolute atomic E-state index is 10.8. The van der Waals surface area contributed by atoms with E-state index in [1.165, 1.54) is 25.7 Å². The molecule has 1 aromatic rings. The lowest BCUT2D eigenvalue weighted by atomic mass is 9.89. The molecular formula is C12H17N3O2. The Morgan fingerprint density at radius 2 is 2.35 bits per heavy atom. The third-order valence-corrected chi connectivity index (χ3v) is 4.30. The van der Waals surface area contributed by atoms with E-state index in [0.717, 1.165) is 18.4 Å². The molecule has 3 rings (SSSR count). The lowest BCUT2D eigenvalue weighted by molar-refractivity contribution is 0.0690. The first kappa shape index (κ1) is 10.6. The van der Waals surface area contributed by atoms with Gasteiger partial charge in [0.2, 0.25) is 0 Å². The van der Waals surface area contributed by atoms with Crippen molar-refractivity contribution in [2.45, 2.75) is 32.2 Å². The van der Waals surface area contributed by atoms with Crippen molar-refractivity contribution < 1.29 is 9.90 Å². The first-order chi connectivity index (χ1) is 8.13. The van der Waals surface area contributed by atoms with Gasteiger partial charge >= 0.3 is 5.97 Å². The normalized spacial score (nSPS) is 30.9. The summed E-state index contributed by atoms with van der Waals surface area (Å²) in [5.74, 6) is 1.33. The predicted octanol–water partition coefficient (Wildman–Crippen LogP) is 1.60. The van der Waals surface area contributed by atoms with Gasteiger partial charge in [0.05, 0.1) is 5.69 Å². The molecule has 1 aromatic heterocycles. The van der Waals surface area contributed by atoms with Gasteiger partial charge in [-0.1, -0.05) is 6.42 Å². The highest BCUT2D eigenvalue weighted by Gasteiger charge is 2.39. The molecule has 0 aliphatic heterocycles. The minimum Gasteiger partial charge on any atom is -0.476 e. The number of rotatable bonds is 3. The minimum absolute atomic E-state index is 0.0202. The maximum Gasteiger partial charge on any atom is 0.358 e. The molecule has 2 bridgehead atoms. The third-order valence-electron chi connectivity index (χ3n) is 4.30. The zero-order chi connectivity index (χ0) is 12.0. The Kier molecular flexibility index (Phi) is 2.34. The summed E-state index contributed by atoms with van der Waals surface area (Å²) in [4.78, 5) is 10.8. The van der Waals surface area contributed by atoms with Crippen molar-refractivity contribution in [2.24, 2.45) is 17.8 Å². The molecule has 0 spiro atoms. The quantitative estimate of drug-likeness (QED) is 0.833. The SMILES string of the molecule is Nc1cn(CC2CC3CCC2C3)nc1C(=O)O. The average Bonchev–Trinajstić information content (AvgIpc) is 2.93. The van der Waals surface area contributed by atoms with Gasteiger partial charge in [-0.2, -0.15) is 5.10 Å². The van der Waals surface area contributed by atoms with Gasteiger partial charge in [0.25, 0.3) is 0 Å². The lowest BCUT2D eigenvalue weighted by Crippen LogP contribution is -2.18. The Morgan fingerprint density at radius 1 is 1.53 bits per heavy atom. The van der Waals surface area contributed by atoms with Crippen LogP contribution in [0.3, 0.4) is 0 Å². The predicted molar refractivity (Wildman–Crippen MR) is 62.5 cm³/mol. The van der Waals surface area contributed by atoms with Crippen LogP contribution < -0.4 is 5.73 Å². The van der Waals surface area contributed by atoms with Crippen LogP contribution in [0.5, 0.6) is 0 Å². The van der Waals surface area contributed by atoms with Crippen molar-refractivity contribution in [1.29, 1.82) is 0 Å². The fourth-order valence-corrected chi connectivity index (χ4v) is 3.54. The van der Waals surface area contributed by atoms with E-state index in [2.05, 4.69) is 5.10 Å². The summed E-state index contributed by atoms with van der Waals surface area (Å²) in [7, 11) is 0. The molecule has 2 aliphatic rings. The van der Waals surface area contributed by atoms with E-state index in [-0.39, 0.29) is 11.4 Å². The van der Waals surface area contributed by atoms with Crippen LogP contribution in [0.1, 0.15) is 36.2 Å². The number of nitrogens with zero attached hydrogens (tertiary/aromatic N) is 2. The Labute approximate surface area is 99.6 Å². The summed E-state index contributed by atoms with van der Waals surface area (Å²) in [6, 6.07) is 0. The van der Waals surface area contributed by atoms with Crippen molar-refractivity contribution in [3.8, 4) is 0 Å². The molecule has 2 aliphatic carbocycles. The minimum atomic E-state index is -1.05. The van der Waals surface area contributed by atoms with Gasteiger partial charge in [-0.15, -0.1) is 0 Å². The van der Waals surface area contributed by atoms with Crippen molar-refractivity contribution >= 4 is 11.7 Å². The molecule has 92 valence electrons. The number of anilines is 1.